The van der Waals surface area contributed by atoms with Gasteiger partial charge >= 0.3 is 0 Å². The molecule has 0 N–H and O–H groups in total. The van der Waals surface area contributed by atoms with E-state index in [4.69, 9.17) is 14.2 Å². The van der Waals surface area contributed by atoms with Gasteiger partial charge in [0.15, 0.2) is 11.5 Å². The van der Waals surface area contributed by atoms with Crippen molar-refractivity contribution in [1.82, 2.24) is 0 Å². The van der Waals surface area contributed by atoms with E-state index in [0.717, 1.165) is 27.3 Å². The average molecular weight is 365 g/mol. The van der Waals surface area contributed by atoms with Gasteiger partial charge in [-0.15, -0.1) is 0 Å². The lowest BCUT2D eigenvalue weighted by atomic mass is 10.1. The first-order valence-electron chi connectivity index (χ1n) is 7.36. The summed E-state index contributed by atoms with van der Waals surface area (Å²) >= 11 is 3.54. The number of benzene rings is 2. The van der Waals surface area contributed by atoms with E-state index >= 15 is 0 Å². The largest absolute Gasteiger partial charge is 0.490 e. The molecule has 22 heavy (non-hydrogen) atoms. The van der Waals surface area contributed by atoms with Crippen molar-refractivity contribution in [3.05, 3.63) is 52.0 Å². The van der Waals surface area contributed by atoms with Crippen molar-refractivity contribution in [3.8, 4) is 17.2 Å². The van der Waals surface area contributed by atoms with Crippen molar-refractivity contribution in [2.45, 2.75) is 20.8 Å². The normalized spacial score (nSPS) is 10.4. The molecular formula is C18H21BrO3. The van der Waals surface area contributed by atoms with Gasteiger partial charge in [0.05, 0.1) is 11.1 Å². The molecule has 3 nitrogen and oxygen atoms in total. The SMILES string of the molecule is CCOc1ccccc1OCCOc1c(C)cc(C)cc1Br. The molecule has 0 aliphatic carbocycles. The predicted octanol–water partition coefficient (Wildman–Crippen LogP) is 4.92. The zero-order chi connectivity index (χ0) is 15.9. The number of halogens is 1. The molecule has 0 aliphatic heterocycles. The number of para-hydroxylation sites is 2. The third-order valence-corrected chi connectivity index (χ3v) is 3.70. The van der Waals surface area contributed by atoms with Crippen molar-refractivity contribution >= 4 is 15.9 Å². The zero-order valence-corrected chi connectivity index (χ0v) is 14.8. The molecule has 0 heterocycles. The summed E-state index contributed by atoms with van der Waals surface area (Å²) in [6.07, 6.45) is 0. The molecule has 0 saturated heterocycles. The van der Waals surface area contributed by atoms with Crippen LogP contribution >= 0.6 is 15.9 Å². The Bertz CT molecular complexity index is 602. The smallest absolute Gasteiger partial charge is 0.161 e. The number of aryl methyl sites for hydroxylation is 2. The first-order valence-corrected chi connectivity index (χ1v) is 8.15. The lowest BCUT2D eigenvalue weighted by Crippen LogP contribution is -2.10. The van der Waals surface area contributed by atoms with E-state index in [1.807, 2.05) is 44.2 Å². The van der Waals surface area contributed by atoms with Crippen molar-refractivity contribution < 1.29 is 14.2 Å². The summed E-state index contributed by atoms with van der Waals surface area (Å²) in [7, 11) is 0. The minimum Gasteiger partial charge on any atom is -0.490 e. The van der Waals surface area contributed by atoms with E-state index in [1.165, 1.54) is 5.56 Å². The van der Waals surface area contributed by atoms with Crippen LogP contribution in [0.15, 0.2) is 40.9 Å². The van der Waals surface area contributed by atoms with Gasteiger partial charge in [-0.3, -0.25) is 0 Å². The second-order valence-corrected chi connectivity index (χ2v) is 5.82. The molecule has 0 radical (unpaired) electrons. The Morgan fingerprint density at radius 1 is 0.909 bits per heavy atom. The number of hydrogen-bond donors (Lipinski definition) is 0. The molecule has 2 aromatic rings. The van der Waals surface area contributed by atoms with Crippen LogP contribution in [0.2, 0.25) is 0 Å². The molecule has 2 rings (SSSR count). The third-order valence-electron chi connectivity index (χ3n) is 3.11. The van der Waals surface area contributed by atoms with Crippen LogP contribution in [0.1, 0.15) is 18.1 Å². The van der Waals surface area contributed by atoms with E-state index < -0.39 is 0 Å². The summed E-state index contributed by atoms with van der Waals surface area (Å²) in [5, 5.41) is 0. The standard InChI is InChI=1S/C18H21BrO3/c1-4-20-16-7-5-6-8-17(16)21-9-10-22-18-14(3)11-13(2)12-15(18)19/h5-8,11-12H,4,9-10H2,1-3H3. The van der Waals surface area contributed by atoms with E-state index in [1.54, 1.807) is 0 Å². The molecule has 0 fully saturated rings. The van der Waals surface area contributed by atoms with Crippen LogP contribution < -0.4 is 14.2 Å². The van der Waals surface area contributed by atoms with Crippen molar-refractivity contribution in [3.63, 3.8) is 0 Å². The zero-order valence-electron chi connectivity index (χ0n) is 13.2. The summed E-state index contributed by atoms with van der Waals surface area (Å²) in [5.74, 6) is 2.37. The Morgan fingerprint density at radius 2 is 1.55 bits per heavy atom. The maximum atomic E-state index is 5.83. The van der Waals surface area contributed by atoms with E-state index in [0.29, 0.717) is 19.8 Å². The van der Waals surface area contributed by atoms with E-state index in [2.05, 4.69) is 28.9 Å². The Morgan fingerprint density at radius 3 is 2.18 bits per heavy atom. The van der Waals surface area contributed by atoms with Crippen molar-refractivity contribution in [1.29, 1.82) is 0 Å². The van der Waals surface area contributed by atoms with Gasteiger partial charge in [-0.25, -0.2) is 0 Å². The Kier molecular flexibility index (Phi) is 6.13. The maximum absolute atomic E-state index is 5.83. The Balaban J connectivity index is 1.90. The van der Waals surface area contributed by atoms with E-state index in [-0.39, 0.29) is 0 Å². The molecule has 0 saturated carbocycles. The second-order valence-electron chi connectivity index (χ2n) is 4.97. The predicted molar refractivity (Wildman–Crippen MR) is 92.2 cm³/mol. The van der Waals surface area contributed by atoms with Crippen LogP contribution in [0.25, 0.3) is 0 Å². The van der Waals surface area contributed by atoms with Crippen LogP contribution in [-0.4, -0.2) is 19.8 Å². The molecule has 0 amide bonds. The summed E-state index contributed by atoms with van der Waals surface area (Å²) in [6, 6.07) is 11.8. The summed E-state index contributed by atoms with van der Waals surface area (Å²) < 4.78 is 18.1. The van der Waals surface area contributed by atoms with Gasteiger partial charge in [-0.05, 0) is 66.0 Å². The van der Waals surface area contributed by atoms with Crippen LogP contribution in [0.4, 0.5) is 0 Å². The summed E-state index contributed by atoms with van der Waals surface area (Å²) in [6.45, 7) is 7.62. The molecule has 0 unspecified atom stereocenters. The van der Waals surface area contributed by atoms with Crippen LogP contribution in [0, 0.1) is 13.8 Å². The fourth-order valence-corrected chi connectivity index (χ4v) is 3.01. The first kappa shape index (κ1) is 16.7. The quantitative estimate of drug-likeness (QED) is 0.652. The number of rotatable bonds is 7. The van der Waals surface area contributed by atoms with E-state index in [9.17, 15) is 0 Å². The van der Waals surface area contributed by atoms with Gasteiger partial charge in [0.2, 0.25) is 0 Å². The van der Waals surface area contributed by atoms with Gasteiger partial charge in [-0.1, -0.05) is 18.2 Å². The number of hydrogen-bond acceptors (Lipinski definition) is 3. The second kappa shape index (κ2) is 8.08. The highest BCUT2D eigenvalue weighted by atomic mass is 79.9. The molecule has 0 spiro atoms. The molecule has 0 aliphatic rings. The lowest BCUT2D eigenvalue weighted by molar-refractivity contribution is 0.207. The highest BCUT2D eigenvalue weighted by Gasteiger charge is 2.07. The minimum absolute atomic E-state index is 0.462. The van der Waals surface area contributed by atoms with Crippen LogP contribution in [0.5, 0.6) is 17.2 Å². The molecule has 0 aromatic heterocycles. The van der Waals surface area contributed by atoms with Gasteiger partial charge in [0.1, 0.15) is 19.0 Å². The highest BCUT2D eigenvalue weighted by molar-refractivity contribution is 9.10. The Labute approximate surface area is 140 Å². The van der Waals surface area contributed by atoms with Gasteiger partial charge in [-0.2, -0.15) is 0 Å². The monoisotopic (exact) mass is 364 g/mol. The van der Waals surface area contributed by atoms with Gasteiger partial charge in [0, 0.05) is 0 Å². The maximum Gasteiger partial charge on any atom is 0.161 e. The van der Waals surface area contributed by atoms with Crippen LogP contribution in [-0.2, 0) is 0 Å². The highest BCUT2D eigenvalue weighted by Crippen LogP contribution is 2.30. The molecular weight excluding hydrogens is 344 g/mol. The lowest BCUT2D eigenvalue weighted by Gasteiger charge is -2.14. The third kappa shape index (κ3) is 4.41. The molecule has 0 atom stereocenters. The molecule has 118 valence electrons. The Hall–Kier alpha value is -1.68. The minimum atomic E-state index is 0.462. The van der Waals surface area contributed by atoms with Crippen molar-refractivity contribution in [2.75, 3.05) is 19.8 Å². The molecule has 2 aromatic carbocycles. The fourth-order valence-electron chi connectivity index (χ4n) is 2.22. The topological polar surface area (TPSA) is 27.7 Å². The summed E-state index contributed by atoms with van der Waals surface area (Å²) in [4.78, 5) is 0. The summed E-state index contributed by atoms with van der Waals surface area (Å²) in [5.41, 5.74) is 2.32. The van der Waals surface area contributed by atoms with Crippen molar-refractivity contribution in [2.24, 2.45) is 0 Å². The average Bonchev–Trinajstić information content (AvgIpc) is 2.47. The molecule has 4 heteroatoms. The number of ether oxygens (including phenoxy) is 3. The fraction of sp³-hybridized carbons (Fsp3) is 0.333. The molecule has 0 bridgehead atoms. The van der Waals surface area contributed by atoms with Gasteiger partial charge < -0.3 is 14.2 Å². The van der Waals surface area contributed by atoms with Crippen LogP contribution in [0.3, 0.4) is 0 Å². The first-order chi connectivity index (χ1) is 10.6. The van der Waals surface area contributed by atoms with Gasteiger partial charge in [0.25, 0.3) is 0 Å².